The number of hydrogen-bond acceptors (Lipinski definition) is 6. The number of amides is 1. The molecular weight excluding hydrogens is 475 g/mol. The summed E-state index contributed by atoms with van der Waals surface area (Å²) >= 11 is 0. The molecule has 1 amide bonds. The summed E-state index contributed by atoms with van der Waals surface area (Å²) in [6, 6.07) is 19.1. The Morgan fingerprint density at radius 2 is 1.42 bits per heavy atom. The molecule has 1 unspecified atom stereocenters. The first-order chi connectivity index (χ1) is 17.0. The molecule has 7 nitrogen and oxygen atoms in total. The molecule has 0 N–H and O–H groups in total. The lowest BCUT2D eigenvalue weighted by Crippen LogP contribution is -2.60. The number of carbonyl (C=O) groups is 1. The second-order valence-electron chi connectivity index (χ2n) is 10.4. The normalized spacial score (nSPS) is 18.5. The van der Waals surface area contributed by atoms with Gasteiger partial charge in [0.25, 0.3) is 11.8 Å². The number of hydrogen-bond donors (Lipinski definition) is 0. The van der Waals surface area contributed by atoms with Crippen LogP contribution in [0.25, 0.3) is 0 Å². The average molecular weight is 517 g/mol. The van der Waals surface area contributed by atoms with Crippen LogP contribution < -0.4 is 4.90 Å². The van der Waals surface area contributed by atoms with E-state index < -0.39 is 19.3 Å². The summed E-state index contributed by atoms with van der Waals surface area (Å²) in [6.45, 7) is 12.3. The SMILES string of the molecule is CCOP(=O)(OCC)C(ON1C(C)(C)CCCC1(C)C)C(=O)N(Cc1ccccc1)c1ccccc1. The minimum Gasteiger partial charge on any atom is -0.307 e. The molecule has 2 aromatic carbocycles. The van der Waals surface area contributed by atoms with Gasteiger partial charge in [0.15, 0.2) is 0 Å². The number of benzene rings is 2. The van der Waals surface area contributed by atoms with Crippen LogP contribution in [-0.4, -0.2) is 41.1 Å². The van der Waals surface area contributed by atoms with Crippen LogP contribution in [0.4, 0.5) is 5.69 Å². The van der Waals surface area contributed by atoms with Crippen molar-refractivity contribution in [2.75, 3.05) is 18.1 Å². The van der Waals surface area contributed by atoms with Gasteiger partial charge in [-0.1, -0.05) is 48.5 Å². The van der Waals surface area contributed by atoms with E-state index in [0.29, 0.717) is 5.69 Å². The van der Waals surface area contributed by atoms with Crippen molar-refractivity contribution in [2.45, 2.75) is 84.3 Å². The van der Waals surface area contributed by atoms with Crippen LogP contribution in [0.5, 0.6) is 0 Å². The smallest absolute Gasteiger partial charge is 0.307 e. The maximum Gasteiger partial charge on any atom is 0.371 e. The first kappa shape index (κ1) is 28.5. The third-order valence-electron chi connectivity index (χ3n) is 6.52. The molecule has 1 aliphatic heterocycles. The summed E-state index contributed by atoms with van der Waals surface area (Å²) in [7, 11) is -4.00. The molecule has 1 atom stereocenters. The van der Waals surface area contributed by atoms with Gasteiger partial charge in [-0.2, -0.15) is 5.06 Å². The fourth-order valence-corrected chi connectivity index (χ4v) is 6.62. The van der Waals surface area contributed by atoms with Gasteiger partial charge in [0, 0.05) is 16.8 Å². The molecule has 0 bridgehead atoms. The fourth-order valence-electron chi connectivity index (χ4n) is 4.94. The Hall–Kier alpha value is -2.02. The van der Waals surface area contributed by atoms with E-state index >= 15 is 0 Å². The molecule has 0 aliphatic carbocycles. The van der Waals surface area contributed by atoms with Crippen molar-refractivity contribution in [3.63, 3.8) is 0 Å². The zero-order valence-electron chi connectivity index (χ0n) is 22.5. The van der Waals surface area contributed by atoms with Gasteiger partial charge >= 0.3 is 7.60 Å². The Labute approximate surface area is 216 Å². The van der Waals surface area contributed by atoms with E-state index in [1.165, 1.54) is 0 Å². The Bertz CT molecular complexity index is 1000. The fraction of sp³-hybridized carbons (Fsp3) is 0.536. The lowest BCUT2D eigenvalue weighted by atomic mass is 9.82. The van der Waals surface area contributed by atoms with Crippen LogP contribution in [-0.2, 0) is 29.8 Å². The van der Waals surface area contributed by atoms with Gasteiger partial charge in [-0.15, -0.1) is 0 Å². The molecule has 1 saturated heterocycles. The summed E-state index contributed by atoms with van der Waals surface area (Å²) < 4.78 is 25.6. The Morgan fingerprint density at radius 3 is 1.92 bits per heavy atom. The Balaban J connectivity index is 2.09. The van der Waals surface area contributed by atoms with E-state index in [1.54, 1.807) is 18.7 Å². The largest absolute Gasteiger partial charge is 0.371 e. The molecule has 198 valence electrons. The van der Waals surface area contributed by atoms with Crippen LogP contribution in [0.1, 0.15) is 66.4 Å². The lowest BCUT2D eigenvalue weighted by molar-refractivity contribution is -0.287. The third kappa shape index (κ3) is 6.64. The molecule has 0 aromatic heterocycles. The summed E-state index contributed by atoms with van der Waals surface area (Å²) in [5, 5.41) is 1.85. The second kappa shape index (κ2) is 12.0. The van der Waals surface area contributed by atoms with E-state index in [0.717, 1.165) is 24.8 Å². The maximum absolute atomic E-state index is 14.4. The average Bonchev–Trinajstić information content (AvgIpc) is 2.83. The lowest BCUT2D eigenvalue weighted by Gasteiger charge is -2.52. The topological polar surface area (TPSA) is 68.3 Å². The van der Waals surface area contributed by atoms with Gasteiger partial charge in [0.1, 0.15) is 0 Å². The van der Waals surface area contributed by atoms with E-state index in [1.807, 2.05) is 65.7 Å². The molecule has 0 saturated carbocycles. The van der Waals surface area contributed by atoms with Crippen molar-refractivity contribution in [3.8, 4) is 0 Å². The molecule has 1 aliphatic rings. The Kier molecular flexibility index (Phi) is 9.53. The van der Waals surface area contributed by atoms with Gasteiger partial charge in [-0.25, -0.2) is 0 Å². The third-order valence-corrected chi connectivity index (χ3v) is 8.64. The second-order valence-corrected chi connectivity index (χ2v) is 12.4. The highest BCUT2D eigenvalue weighted by Crippen LogP contribution is 2.56. The molecule has 1 heterocycles. The standard InChI is InChI=1S/C28H41N2O5P/c1-7-33-36(32,34-8-2)26(35-30-27(3,4)20-15-21-28(30,5)6)25(31)29(24-18-13-10-14-19-24)22-23-16-11-9-12-17-23/h9-14,16-19,26H,7-8,15,20-22H2,1-6H3. The maximum atomic E-state index is 14.4. The highest BCUT2D eigenvalue weighted by atomic mass is 31.2. The van der Waals surface area contributed by atoms with Crippen molar-refractivity contribution in [3.05, 3.63) is 66.2 Å². The van der Waals surface area contributed by atoms with Crippen molar-refractivity contribution < 1.29 is 23.2 Å². The molecular formula is C28H41N2O5P. The molecule has 3 rings (SSSR count). The minimum atomic E-state index is -4.00. The van der Waals surface area contributed by atoms with Crippen molar-refractivity contribution in [1.82, 2.24) is 5.06 Å². The van der Waals surface area contributed by atoms with Gasteiger partial charge < -0.3 is 13.9 Å². The van der Waals surface area contributed by atoms with Crippen LogP contribution in [0.3, 0.4) is 0 Å². The monoisotopic (exact) mass is 516 g/mol. The number of para-hydroxylation sites is 1. The van der Waals surface area contributed by atoms with Crippen molar-refractivity contribution >= 4 is 19.2 Å². The molecule has 36 heavy (non-hydrogen) atoms. The summed E-state index contributed by atoms with van der Waals surface area (Å²) in [4.78, 5) is 22.5. The molecule has 0 spiro atoms. The quantitative estimate of drug-likeness (QED) is 0.307. The van der Waals surface area contributed by atoms with Gasteiger partial charge in [-0.3, -0.25) is 14.2 Å². The number of piperidine rings is 1. The van der Waals surface area contributed by atoms with E-state index in [-0.39, 0.29) is 30.8 Å². The first-order valence-corrected chi connectivity index (χ1v) is 14.4. The van der Waals surface area contributed by atoms with Crippen molar-refractivity contribution in [2.24, 2.45) is 0 Å². The number of rotatable bonds is 11. The predicted molar refractivity (Wildman–Crippen MR) is 144 cm³/mol. The Morgan fingerprint density at radius 1 is 0.917 bits per heavy atom. The van der Waals surface area contributed by atoms with Gasteiger partial charge in [-0.05, 0) is 78.5 Å². The molecule has 8 heteroatoms. The first-order valence-electron chi connectivity index (χ1n) is 12.8. The van der Waals surface area contributed by atoms with Crippen LogP contribution in [0, 0.1) is 0 Å². The molecule has 0 radical (unpaired) electrons. The predicted octanol–water partition coefficient (Wildman–Crippen LogP) is 6.79. The summed E-state index contributed by atoms with van der Waals surface area (Å²) in [6.07, 6.45) is 2.81. The zero-order chi connectivity index (χ0) is 26.4. The molecule has 1 fully saturated rings. The highest BCUT2D eigenvalue weighted by Gasteiger charge is 2.51. The van der Waals surface area contributed by atoms with E-state index in [4.69, 9.17) is 13.9 Å². The van der Waals surface area contributed by atoms with Crippen molar-refractivity contribution in [1.29, 1.82) is 0 Å². The van der Waals surface area contributed by atoms with Gasteiger partial charge in [0.05, 0.1) is 19.8 Å². The number of carbonyl (C=O) groups excluding carboxylic acids is 1. The number of nitrogens with zero attached hydrogens (tertiary/aromatic N) is 2. The summed E-state index contributed by atoms with van der Waals surface area (Å²) in [5.41, 5.74) is 0.868. The minimum absolute atomic E-state index is 0.126. The number of hydroxylamine groups is 2. The number of anilines is 1. The van der Waals surface area contributed by atoms with E-state index in [2.05, 4.69) is 27.7 Å². The molecule has 2 aromatic rings. The highest BCUT2D eigenvalue weighted by molar-refractivity contribution is 7.55. The summed E-state index contributed by atoms with van der Waals surface area (Å²) in [5.74, 6) is -1.93. The van der Waals surface area contributed by atoms with Gasteiger partial charge in [0.2, 0.25) is 0 Å². The van der Waals surface area contributed by atoms with E-state index in [9.17, 15) is 9.36 Å². The van der Waals surface area contributed by atoms with Crippen LogP contribution in [0.15, 0.2) is 60.7 Å². The zero-order valence-corrected chi connectivity index (χ0v) is 23.4. The van der Waals surface area contributed by atoms with Crippen LogP contribution >= 0.6 is 7.60 Å². The van der Waals surface area contributed by atoms with Crippen LogP contribution in [0.2, 0.25) is 0 Å².